The van der Waals surface area contributed by atoms with Crippen molar-refractivity contribution in [2.45, 2.75) is 19.9 Å². The van der Waals surface area contributed by atoms with Crippen molar-refractivity contribution in [3.8, 4) is 0 Å². The molecule has 1 N–H and O–H groups in total. The van der Waals surface area contributed by atoms with Gasteiger partial charge in [0.15, 0.2) is 0 Å². The number of aliphatic carboxylic acids is 1. The quantitative estimate of drug-likeness (QED) is 0.896. The highest BCUT2D eigenvalue weighted by molar-refractivity contribution is 5.98. The molecule has 2 rings (SSSR count). The van der Waals surface area contributed by atoms with Gasteiger partial charge in [0.1, 0.15) is 12.1 Å². The second kappa shape index (κ2) is 5.28. The molecule has 0 radical (unpaired) electrons. The highest BCUT2D eigenvalue weighted by atomic mass is 16.4. The Balaban J connectivity index is 2.35. The van der Waals surface area contributed by atoms with Crippen molar-refractivity contribution in [3.05, 3.63) is 23.8 Å². The minimum atomic E-state index is -1.03. The fraction of sp³-hybridized carbons (Fsp3) is 0.385. The van der Waals surface area contributed by atoms with Crippen molar-refractivity contribution in [1.29, 1.82) is 0 Å². The highest BCUT2D eigenvalue weighted by Gasteiger charge is 2.21. The van der Waals surface area contributed by atoms with Crippen LogP contribution in [0.4, 0.5) is 0 Å². The lowest BCUT2D eigenvalue weighted by Crippen LogP contribution is -2.40. The third-order valence-corrected chi connectivity index (χ3v) is 3.05. The average molecular weight is 276 g/mol. The number of amides is 1. The van der Waals surface area contributed by atoms with Crippen molar-refractivity contribution in [1.82, 2.24) is 19.9 Å². The van der Waals surface area contributed by atoms with Gasteiger partial charge in [0, 0.05) is 18.7 Å². The van der Waals surface area contributed by atoms with Gasteiger partial charge < -0.3 is 10.0 Å². The van der Waals surface area contributed by atoms with Crippen LogP contribution in [0.3, 0.4) is 0 Å². The summed E-state index contributed by atoms with van der Waals surface area (Å²) in [6, 6.07) is 4.84. The highest BCUT2D eigenvalue weighted by Crippen LogP contribution is 2.15. The Hall–Kier alpha value is -2.44. The van der Waals surface area contributed by atoms with Gasteiger partial charge in [-0.15, -0.1) is 5.10 Å². The van der Waals surface area contributed by atoms with Crippen molar-refractivity contribution < 1.29 is 14.7 Å². The molecule has 1 aromatic carbocycles. The molecule has 20 heavy (non-hydrogen) atoms. The van der Waals surface area contributed by atoms with Crippen LogP contribution in [0.2, 0.25) is 0 Å². The fourth-order valence-electron chi connectivity index (χ4n) is 1.97. The zero-order valence-corrected chi connectivity index (χ0v) is 11.6. The zero-order chi connectivity index (χ0) is 14.9. The van der Waals surface area contributed by atoms with Crippen LogP contribution in [0, 0.1) is 0 Å². The molecule has 1 heterocycles. The van der Waals surface area contributed by atoms with Crippen LogP contribution in [-0.4, -0.2) is 49.5 Å². The summed E-state index contributed by atoms with van der Waals surface area (Å²) in [6.07, 6.45) is 0. The first-order valence-electron chi connectivity index (χ1n) is 6.22. The van der Waals surface area contributed by atoms with Crippen molar-refractivity contribution in [2.24, 2.45) is 7.05 Å². The molecule has 0 saturated heterocycles. The first kappa shape index (κ1) is 14.0. The molecular formula is C13H16N4O3. The van der Waals surface area contributed by atoms with Gasteiger partial charge in [0.05, 0.1) is 5.52 Å². The number of hydrogen-bond donors (Lipinski definition) is 1. The van der Waals surface area contributed by atoms with Crippen LogP contribution < -0.4 is 0 Å². The Bertz CT molecular complexity index is 663. The number of rotatable bonds is 4. The van der Waals surface area contributed by atoms with E-state index in [1.165, 1.54) is 4.90 Å². The monoisotopic (exact) mass is 276 g/mol. The van der Waals surface area contributed by atoms with Crippen molar-refractivity contribution >= 4 is 22.9 Å². The average Bonchev–Trinajstić information content (AvgIpc) is 2.76. The molecule has 0 saturated carbocycles. The largest absolute Gasteiger partial charge is 0.480 e. The molecule has 0 spiro atoms. The van der Waals surface area contributed by atoms with E-state index in [0.717, 1.165) is 5.52 Å². The number of fused-ring (bicyclic) bond motifs is 1. The van der Waals surface area contributed by atoms with Gasteiger partial charge in [-0.2, -0.15) is 0 Å². The van der Waals surface area contributed by atoms with Gasteiger partial charge >= 0.3 is 5.97 Å². The maximum Gasteiger partial charge on any atom is 0.323 e. The van der Waals surface area contributed by atoms with Gasteiger partial charge in [0.25, 0.3) is 5.91 Å². The van der Waals surface area contributed by atoms with Crippen LogP contribution in [0.25, 0.3) is 11.0 Å². The molecule has 2 aromatic rings. The summed E-state index contributed by atoms with van der Waals surface area (Å²) in [7, 11) is 1.77. The van der Waals surface area contributed by atoms with E-state index in [1.807, 2.05) is 0 Å². The molecule has 1 aromatic heterocycles. The van der Waals surface area contributed by atoms with Crippen LogP contribution in [0.5, 0.6) is 0 Å². The zero-order valence-electron chi connectivity index (χ0n) is 11.6. The molecular weight excluding hydrogens is 260 g/mol. The minimum absolute atomic E-state index is 0.198. The molecule has 0 aliphatic heterocycles. The van der Waals surface area contributed by atoms with E-state index >= 15 is 0 Å². The molecule has 0 unspecified atom stereocenters. The number of carboxylic acids is 1. The topological polar surface area (TPSA) is 88.3 Å². The van der Waals surface area contributed by atoms with Gasteiger partial charge in [-0.3, -0.25) is 9.59 Å². The Labute approximate surface area is 115 Å². The maximum atomic E-state index is 12.4. The fourth-order valence-corrected chi connectivity index (χ4v) is 1.97. The summed E-state index contributed by atoms with van der Waals surface area (Å²) in [5.41, 5.74) is 1.83. The molecule has 7 heteroatoms. The minimum Gasteiger partial charge on any atom is -0.480 e. The second-order valence-corrected chi connectivity index (χ2v) is 4.84. The molecule has 7 nitrogen and oxygen atoms in total. The standard InChI is InChI=1S/C13H16N4O3/c1-8(2)17(7-12(18)19)13(20)9-4-5-11-10(6-9)14-15-16(11)3/h4-6,8H,7H2,1-3H3,(H,18,19). The first-order valence-corrected chi connectivity index (χ1v) is 6.22. The third kappa shape index (κ3) is 2.61. The predicted molar refractivity (Wildman–Crippen MR) is 72.3 cm³/mol. The number of carboxylic acid groups (broad SMARTS) is 1. The smallest absolute Gasteiger partial charge is 0.323 e. The van der Waals surface area contributed by atoms with Crippen LogP contribution in [0.15, 0.2) is 18.2 Å². The van der Waals surface area contributed by atoms with Crippen LogP contribution in [0.1, 0.15) is 24.2 Å². The third-order valence-electron chi connectivity index (χ3n) is 3.05. The molecule has 0 aliphatic rings. The molecule has 0 aliphatic carbocycles. The van der Waals surface area contributed by atoms with Gasteiger partial charge in [-0.1, -0.05) is 5.21 Å². The van der Waals surface area contributed by atoms with Gasteiger partial charge in [-0.25, -0.2) is 4.68 Å². The molecule has 106 valence electrons. The predicted octanol–water partition coefficient (Wildman–Crippen LogP) is 0.903. The first-order chi connectivity index (χ1) is 9.40. The summed E-state index contributed by atoms with van der Waals surface area (Å²) < 4.78 is 1.61. The number of aryl methyl sites for hydroxylation is 1. The Morgan fingerprint density at radius 2 is 2.10 bits per heavy atom. The molecule has 0 atom stereocenters. The van der Waals surface area contributed by atoms with E-state index in [9.17, 15) is 9.59 Å². The summed E-state index contributed by atoms with van der Waals surface area (Å²) in [4.78, 5) is 24.5. The summed E-state index contributed by atoms with van der Waals surface area (Å²) >= 11 is 0. The lowest BCUT2D eigenvalue weighted by Gasteiger charge is -2.24. The van der Waals surface area contributed by atoms with E-state index in [-0.39, 0.29) is 18.5 Å². The molecule has 1 amide bonds. The Kier molecular flexibility index (Phi) is 3.69. The van der Waals surface area contributed by atoms with Crippen LogP contribution >= 0.6 is 0 Å². The SMILES string of the molecule is CC(C)N(CC(=O)O)C(=O)c1ccc2c(c1)nnn2C. The Morgan fingerprint density at radius 1 is 1.40 bits per heavy atom. The maximum absolute atomic E-state index is 12.4. The lowest BCUT2D eigenvalue weighted by atomic mass is 10.1. The molecule has 0 bridgehead atoms. The number of hydrogen-bond acceptors (Lipinski definition) is 4. The van der Waals surface area contributed by atoms with Crippen LogP contribution in [-0.2, 0) is 11.8 Å². The Morgan fingerprint density at radius 3 is 2.70 bits per heavy atom. The lowest BCUT2D eigenvalue weighted by molar-refractivity contribution is -0.138. The normalized spacial score (nSPS) is 11.0. The van der Waals surface area contributed by atoms with Gasteiger partial charge in [0.2, 0.25) is 0 Å². The van der Waals surface area contributed by atoms with E-state index in [2.05, 4.69) is 10.3 Å². The van der Waals surface area contributed by atoms with Crippen molar-refractivity contribution in [2.75, 3.05) is 6.54 Å². The number of nitrogens with zero attached hydrogens (tertiary/aromatic N) is 4. The number of aromatic nitrogens is 3. The summed E-state index contributed by atoms with van der Waals surface area (Å²) in [6.45, 7) is 3.23. The van der Waals surface area contributed by atoms with Crippen molar-refractivity contribution in [3.63, 3.8) is 0 Å². The van der Waals surface area contributed by atoms with E-state index in [4.69, 9.17) is 5.11 Å². The summed E-state index contributed by atoms with van der Waals surface area (Å²) in [5.74, 6) is -1.36. The number of carbonyl (C=O) groups excluding carboxylic acids is 1. The van der Waals surface area contributed by atoms with E-state index < -0.39 is 5.97 Å². The van der Waals surface area contributed by atoms with Gasteiger partial charge in [-0.05, 0) is 32.0 Å². The number of benzene rings is 1. The molecule has 0 fully saturated rings. The second-order valence-electron chi connectivity index (χ2n) is 4.84. The van der Waals surface area contributed by atoms with E-state index in [0.29, 0.717) is 11.1 Å². The number of carbonyl (C=O) groups is 2. The summed E-state index contributed by atoms with van der Waals surface area (Å²) in [5, 5.41) is 16.7. The van der Waals surface area contributed by atoms with E-state index in [1.54, 1.807) is 43.8 Å².